The van der Waals surface area contributed by atoms with Gasteiger partial charge in [0.15, 0.2) is 11.6 Å². The lowest BCUT2D eigenvalue weighted by Crippen LogP contribution is -2.06. The van der Waals surface area contributed by atoms with E-state index in [1.165, 1.54) is 21.9 Å². The van der Waals surface area contributed by atoms with Crippen LogP contribution in [0.1, 0.15) is 0 Å². The summed E-state index contributed by atoms with van der Waals surface area (Å²) < 4.78 is 4.73. The minimum absolute atomic E-state index is 0.560. The largest absolute Gasteiger partial charge is 0.308 e. The van der Waals surface area contributed by atoms with Gasteiger partial charge in [0, 0.05) is 38.2 Å². The average Bonchev–Trinajstić information content (AvgIpc) is 3.95. The molecule has 3 heterocycles. The molecule has 0 saturated carbocycles. The van der Waals surface area contributed by atoms with Crippen LogP contribution in [-0.4, -0.2) is 24.1 Å². The Labute approximate surface area is 393 Å². The van der Waals surface area contributed by atoms with Gasteiger partial charge in [0.2, 0.25) is 5.95 Å². The quantitative estimate of drug-likeness (QED) is 0.153. The lowest BCUT2D eigenvalue weighted by atomic mass is 9.91. The predicted molar refractivity (Wildman–Crippen MR) is 281 cm³/mol. The fourth-order valence-electron chi connectivity index (χ4n) is 10.0. The van der Waals surface area contributed by atoms with Crippen LogP contribution in [0.5, 0.6) is 0 Å². The van der Waals surface area contributed by atoms with E-state index in [0.717, 1.165) is 83.0 Å². The summed E-state index contributed by atoms with van der Waals surface area (Å²) in [7, 11) is 0. The number of para-hydroxylation sites is 2. The van der Waals surface area contributed by atoms with Gasteiger partial charge in [0.05, 0.1) is 27.8 Å². The van der Waals surface area contributed by atoms with Gasteiger partial charge in [-0.05, 0) is 87.5 Å². The second-order valence-corrected chi connectivity index (χ2v) is 17.2. The second kappa shape index (κ2) is 16.4. The Balaban J connectivity index is 1.13. The van der Waals surface area contributed by atoms with Crippen molar-refractivity contribution in [2.24, 2.45) is 0 Å². The van der Waals surface area contributed by atoms with Crippen LogP contribution >= 0.6 is 0 Å². The standard InChI is InChI=1S/C63H41N5/c1-6-20-42(21-7-1)47-34-36-57(54(41-47)50-39-48(43-22-8-2-9-23-43)38-49(40-50)44-24-10-3-11-25-44)67-55-32-18-16-30-51(55)52-35-37-58-59(60(52)67)53-31-17-19-33-56(53)68(58)63-65-61(45-26-12-4-13-27-45)64-62(66-63)46-28-14-5-15-29-46/h1-41H. The Morgan fingerprint density at radius 1 is 0.265 bits per heavy atom. The Morgan fingerprint density at radius 3 is 1.28 bits per heavy atom. The fraction of sp³-hybridized carbons (Fsp3) is 0. The summed E-state index contributed by atoms with van der Waals surface area (Å²) in [4.78, 5) is 15.6. The molecule has 5 nitrogen and oxygen atoms in total. The second-order valence-electron chi connectivity index (χ2n) is 17.2. The highest BCUT2D eigenvalue weighted by atomic mass is 15.2. The third-order valence-corrected chi connectivity index (χ3v) is 13.2. The van der Waals surface area contributed by atoms with Crippen molar-refractivity contribution in [2.75, 3.05) is 0 Å². The zero-order valence-corrected chi connectivity index (χ0v) is 36.9. The molecule has 0 bridgehead atoms. The molecule has 0 aliphatic carbocycles. The Hall–Kier alpha value is -9.19. The van der Waals surface area contributed by atoms with E-state index in [-0.39, 0.29) is 0 Å². The average molecular weight is 868 g/mol. The molecular formula is C63H41N5. The van der Waals surface area contributed by atoms with E-state index in [1.807, 2.05) is 36.4 Å². The molecule has 68 heavy (non-hydrogen) atoms. The SMILES string of the molecule is c1ccc(-c2cc(-c3ccccc3)cc(-c3cc(-c4ccccc4)ccc3-n3c4ccccc4c4ccc5c(c6ccccc6n5-c5nc(-c6ccccc6)nc(-c6ccccc6)n5)c43)c2)cc1. The highest BCUT2D eigenvalue weighted by Crippen LogP contribution is 2.45. The van der Waals surface area contributed by atoms with E-state index in [2.05, 4.69) is 221 Å². The molecule has 0 fully saturated rings. The molecule has 0 aliphatic heterocycles. The van der Waals surface area contributed by atoms with Gasteiger partial charge >= 0.3 is 0 Å². The normalized spacial score (nSPS) is 11.5. The Morgan fingerprint density at radius 2 is 0.721 bits per heavy atom. The molecule has 0 aliphatic rings. The number of rotatable bonds is 8. The number of fused-ring (bicyclic) bond motifs is 7. The van der Waals surface area contributed by atoms with Gasteiger partial charge in [0.25, 0.3) is 0 Å². The third kappa shape index (κ3) is 6.68. The summed E-state index contributed by atoms with van der Waals surface area (Å²) in [6.45, 7) is 0. The number of hydrogen-bond donors (Lipinski definition) is 0. The zero-order valence-electron chi connectivity index (χ0n) is 36.9. The van der Waals surface area contributed by atoms with Crippen molar-refractivity contribution < 1.29 is 0 Å². The Bertz CT molecular complexity index is 3880. The summed E-state index contributed by atoms with van der Waals surface area (Å²) in [5, 5.41) is 4.58. The van der Waals surface area contributed by atoms with Crippen molar-refractivity contribution in [3.8, 4) is 78.9 Å². The summed E-state index contributed by atoms with van der Waals surface area (Å²) in [6, 6.07) is 88.5. The van der Waals surface area contributed by atoms with Crippen molar-refractivity contribution in [1.29, 1.82) is 0 Å². The maximum Gasteiger partial charge on any atom is 0.238 e. The molecule has 13 rings (SSSR count). The topological polar surface area (TPSA) is 48.5 Å². The molecule has 0 unspecified atom stereocenters. The third-order valence-electron chi connectivity index (χ3n) is 13.2. The molecule has 0 atom stereocenters. The van der Waals surface area contributed by atoms with Crippen LogP contribution in [-0.2, 0) is 0 Å². The fourth-order valence-corrected chi connectivity index (χ4v) is 10.0. The van der Waals surface area contributed by atoms with Crippen LogP contribution in [0.4, 0.5) is 0 Å². The van der Waals surface area contributed by atoms with E-state index in [9.17, 15) is 0 Å². The highest BCUT2D eigenvalue weighted by molar-refractivity contribution is 6.26. The summed E-state index contributed by atoms with van der Waals surface area (Å²) >= 11 is 0. The van der Waals surface area contributed by atoms with E-state index < -0.39 is 0 Å². The molecule has 0 spiro atoms. The summed E-state index contributed by atoms with van der Waals surface area (Å²) in [6.07, 6.45) is 0. The lowest BCUT2D eigenvalue weighted by molar-refractivity contribution is 0.953. The molecule has 0 radical (unpaired) electrons. The van der Waals surface area contributed by atoms with E-state index in [1.54, 1.807) is 0 Å². The van der Waals surface area contributed by atoms with Gasteiger partial charge in [-0.25, -0.2) is 4.98 Å². The smallest absolute Gasteiger partial charge is 0.238 e. The molecule has 3 aromatic heterocycles. The van der Waals surface area contributed by atoms with Crippen LogP contribution in [0.2, 0.25) is 0 Å². The lowest BCUT2D eigenvalue weighted by Gasteiger charge is -2.18. The maximum absolute atomic E-state index is 5.27. The van der Waals surface area contributed by atoms with Crippen molar-refractivity contribution in [3.63, 3.8) is 0 Å². The van der Waals surface area contributed by atoms with Crippen LogP contribution in [0.25, 0.3) is 123 Å². The van der Waals surface area contributed by atoms with Crippen molar-refractivity contribution in [2.45, 2.75) is 0 Å². The van der Waals surface area contributed by atoms with Crippen molar-refractivity contribution in [1.82, 2.24) is 24.1 Å². The van der Waals surface area contributed by atoms with Gasteiger partial charge in [0.1, 0.15) is 0 Å². The summed E-state index contributed by atoms with van der Waals surface area (Å²) in [5.74, 6) is 1.79. The number of aromatic nitrogens is 5. The molecule has 0 amide bonds. The Kier molecular flexibility index (Phi) is 9.43. The van der Waals surface area contributed by atoms with Gasteiger partial charge in [-0.2, -0.15) is 9.97 Å². The van der Waals surface area contributed by atoms with Crippen molar-refractivity contribution in [3.05, 3.63) is 249 Å². The summed E-state index contributed by atoms with van der Waals surface area (Å²) in [5.41, 5.74) is 16.4. The molecule has 318 valence electrons. The van der Waals surface area contributed by atoms with Crippen LogP contribution in [0.3, 0.4) is 0 Å². The molecule has 10 aromatic carbocycles. The number of benzene rings is 10. The molecule has 13 aromatic rings. The highest BCUT2D eigenvalue weighted by Gasteiger charge is 2.24. The first kappa shape index (κ1) is 39.2. The molecular weight excluding hydrogens is 827 g/mol. The van der Waals surface area contributed by atoms with Gasteiger partial charge < -0.3 is 4.57 Å². The predicted octanol–water partition coefficient (Wildman–Crippen LogP) is 16.1. The van der Waals surface area contributed by atoms with Gasteiger partial charge in [-0.3, -0.25) is 4.57 Å². The van der Waals surface area contributed by atoms with E-state index in [0.29, 0.717) is 17.6 Å². The molecule has 5 heteroatoms. The zero-order chi connectivity index (χ0) is 45.0. The first-order valence-corrected chi connectivity index (χ1v) is 23.0. The van der Waals surface area contributed by atoms with Crippen LogP contribution in [0, 0.1) is 0 Å². The number of hydrogen-bond acceptors (Lipinski definition) is 3. The minimum atomic E-state index is 0.560. The first-order chi connectivity index (χ1) is 33.7. The maximum atomic E-state index is 5.27. The van der Waals surface area contributed by atoms with Gasteiger partial charge in [-0.1, -0.05) is 200 Å². The van der Waals surface area contributed by atoms with E-state index >= 15 is 0 Å². The first-order valence-electron chi connectivity index (χ1n) is 23.0. The number of nitrogens with zero attached hydrogens (tertiary/aromatic N) is 5. The monoisotopic (exact) mass is 867 g/mol. The molecule has 0 saturated heterocycles. The van der Waals surface area contributed by atoms with Crippen molar-refractivity contribution >= 4 is 43.6 Å². The minimum Gasteiger partial charge on any atom is -0.308 e. The van der Waals surface area contributed by atoms with E-state index in [4.69, 9.17) is 15.0 Å². The molecule has 0 N–H and O–H groups in total. The van der Waals surface area contributed by atoms with Crippen LogP contribution < -0.4 is 0 Å². The van der Waals surface area contributed by atoms with Crippen LogP contribution in [0.15, 0.2) is 249 Å². The van der Waals surface area contributed by atoms with Gasteiger partial charge in [-0.15, -0.1) is 0 Å².